The first-order valence-electron chi connectivity index (χ1n) is 12.1. The van der Waals surface area contributed by atoms with Crippen LogP contribution in [0.4, 0.5) is 5.82 Å². The van der Waals surface area contributed by atoms with Crippen molar-refractivity contribution in [1.82, 2.24) is 19.4 Å². The zero-order valence-corrected chi connectivity index (χ0v) is 20.6. The molecule has 184 valence electrons. The van der Waals surface area contributed by atoms with Gasteiger partial charge in [0.25, 0.3) is 11.5 Å². The van der Waals surface area contributed by atoms with Crippen molar-refractivity contribution >= 4 is 22.9 Å². The van der Waals surface area contributed by atoms with Crippen molar-refractivity contribution < 1.29 is 9.53 Å². The highest BCUT2D eigenvalue weighted by Crippen LogP contribution is 2.17. The number of carbonyl (C=O) groups is 1. The van der Waals surface area contributed by atoms with E-state index in [1.54, 1.807) is 15.7 Å². The van der Waals surface area contributed by atoms with Crippen molar-refractivity contribution in [3.8, 4) is 5.75 Å². The molecule has 0 radical (unpaired) electrons. The van der Waals surface area contributed by atoms with Crippen LogP contribution in [-0.4, -0.2) is 58.1 Å². The Balaban J connectivity index is 1.31. The van der Waals surface area contributed by atoms with Gasteiger partial charge in [-0.3, -0.25) is 14.2 Å². The SMILES string of the molecule is Cc1ccc(Cn2c(=O)c(N3CCN(C(=O)COc4cccc(C)c4)CC3)nc3cccnc32)cc1. The number of aryl methyl sites for hydroxylation is 2. The molecule has 5 rings (SSSR count). The lowest BCUT2D eigenvalue weighted by Crippen LogP contribution is -2.51. The second-order valence-corrected chi connectivity index (χ2v) is 9.13. The molecule has 2 aromatic heterocycles. The number of carbonyl (C=O) groups excluding carboxylic acids is 1. The average Bonchev–Trinajstić information content (AvgIpc) is 2.90. The van der Waals surface area contributed by atoms with Gasteiger partial charge in [0.2, 0.25) is 0 Å². The summed E-state index contributed by atoms with van der Waals surface area (Å²) >= 11 is 0. The average molecular weight is 484 g/mol. The Bertz CT molecular complexity index is 1440. The lowest BCUT2D eigenvalue weighted by molar-refractivity contribution is -0.133. The van der Waals surface area contributed by atoms with Gasteiger partial charge < -0.3 is 14.5 Å². The molecule has 1 saturated heterocycles. The first-order chi connectivity index (χ1) is 17.5. The zero-order chi connectivity index (χ0) is 25.1. The first-order valence-corrected chi connectivity index (χ1v) is 12.1. The lowest BCUT2D eigenvalue weighted by Gasteiger charge is -2.35. The van der Waals surface area contributed by atoms with Gasteiger partial charge in [-0.1, -0.05) is 42.0 Å². The molecule has 8 heteroatoms. The fraction of sp³-hybridized carbons (Fsp3) is 0.286. The minimum Gasteiger partial charge on any atom is -0.484 e. The number of hydrogen-bond donors (Lipinski definition) is 0. The van der Waals surface area contributed by atoms with E-state index in [0.29, 0.717) is 55.5 Å². The van der Waals surface area contributed by atoms with E-state index >= 15 is 0 Å². The Hall–Kier alpha value is -4.20. The summed E-state index contributed by atoms with van der Waals surface area (Å²) in [5, 5.41) is 0. The predicted octanol–water partition coefficient (Wildman–Crippen LogP) is 3.18. The number of benzene rings is 2. The molecule has 0 unspecified atom stereocenters. The number of ether oxygens (including phenoxy) is 1. The second kappa shape index (κ2) is 10.2. The first kappa shape index (κ1) is 23.5. The summed E-state index contributed by atoms with van der Waals surface area (Å²) in [6.07, 6.45) is 1.68. The zero-order valence-electron chi connectivity index (χ0n) is 20.6. The third-order valence-electron chi connectivity index (χ3n) is 6.43. The van der Waals surface area contributed by atoms with Crippen LogP contribution in [0, 0.1) is 13.8 Å². The van der Waals surface area contributed by atoms with E-state index in [9.17, 15) is 9.59 Å². The molecule has 1 amide bonds. The van der Waals surface area contributed by atoms with Gasteiger partial charge in [-0.05, 0) is 49.2 Å². The smallest absolute Gasteiger partial charge is 0.295 e. The summed E-state index contributed by atoms with van der Waals surface area (Å²) in [6.45, 7) is 6.48. The fourth-order valence-electron chi connectivity index (χ4n) is 4.40. The van der Waals surface area contributed by atoms with Crippen LogP contribution in [0.2, 0.25) is 0 Å². The molecule has 1 fully saturated rings. The normalized spacial score (nSPS) is 13.7. The van der Waals surface area contributed by atoms with Crippen LogP contribution in [0.15, 0.2) is 71.7 Å². The largest absolute Gasteiger partial charge is 0.484 e. The molecule has 4 aromatic rings. The molecule has 8 nitrogen and oxygen atoms in total. The minimum absolute atomic E-state index is 0.00724. The van der Waals surface area contributed by atoms with E-state index in [-0.39, 0.29) is 18.1 Å². The monoisotopic (exact) mass is 483 g/mol. The Morgan fingerprint density at radius 2 is 1.72 bits per heavy atom. The molecule has 0 spiro atoms. The van der Waals surface area contributed by atoms with Crippen LogP contribution in [0.5, 0.6) is 5.75 Å². The van der Waals surface area contributed by atoms with E-state index < -0.39 is 0 Å². The van der Waals surface area contributed by atoms with E-state index in [2.05, 4.69) is 9.97 Å². The number of nitrogens with zero attached hydrogens (tertiary/aromatic N) is 5. The van der Waals surface area contributed by atoms with Crippen molar-refractivity contribution in [3.63, 3.8) is 0 Å². The highest BCUT2D eigenvalue weighted by atomic mass is 16.5. The summed E-state index contributed by atoms with van der Waals surface area (Å²) in [6, 6.07) is 19.5. The van der Waals surface area contributed by atoms with Crippen LogP contribution in [0.1, 0.15) is 16.7 Å². The maximum absolute atomic E-state index is 13.6. The van der Waals surface area contributed by atoms with E-state index in [0.717, 1.165) is 11.1 Å². The van der Waals surface area contributed by atoms with Crippen LogP contribution >= 0.6 is 0 Å². The topological polar surface area (TPSA) is 80.6 Å². The van der Waals surface area contributed by atoms with Crippen LogP contribution < -0.4 is 15.2 Å². The molecule has 36 heavy (non-hydrogen) atoms. The van der Waals surface area contributed by atoms with Gasteiger partial charge >= 0.3 is 0 Å². The maximum Gasteiger partial charge on any atom is 0.295 e. The Kier molecular flexibility index (Phi) is 6.66. The molecule has 1 aliphatic heterocycles. The molecule has 3 heterocycles. The van der Waals surface area contributed by atoms with E-state index in [1.165, 1.54) is 5.56 Å². The van der Waals surface area contributed by atoms with Gasteiger partial charge in [-0.15, -0.1) is 0 Å². The third-order valence-corrected chi connectivity index (χ3v) is 6.43. The van der Waals surface area contributed by atoms with Crippen LogP contribution in [0.3, 0.4) is 0 Å². The highest BCUT2D eigenvalue weighted by molar-refractivity contribution is 5.78. The van der Waals surface area contributed by atoms with Crippen molar-refractivity contribution in [2.45, 2.75) is 20.4 Å². The minimum atomic E-state index is -0.177. The fourth-order valence-corrected chi connectivity index (χ4v) is 4.40. The van der Waals surface area contributed by atoms with Crippen molar-refractivity contribution in [2.75, 3.05) is 37.7 Å². The molecule has 0 bridgehead atoms. The quantitative estimate of drug-likeness (QED) is 0.419. The Morgan fingerprint density at radius 1 is 0.944 bits per heavy atom. The number of amides is 1. The standard InChI is InChI=1S/C28H29N5O3/c1-20-8-10-22(11-9-20)18-33-26-24(7-4-12-29-26)30-27(28(33)35)32-15-13-31(14-16-32)25(34)19-36-23-6-3-5-21(2)17-23/h3-12,17H,13-16,18-19H2,1-2H3. The maximum atomic E-state index is 13.6. The molecule has 0 saturated carbocycles. The summed E-state index contributed by atoms with van der Waals surface area (Å²) in [7, 11) is 0. The van der Waals surface area contributed by atoms with Crippen molar-refractivity contribution in [1.29, 1.82) is 0 Å². The number of anilines is 1. The molecule has 2 aromatic carbocycles. The summed E-state index contributed by atoms with van der Waals surface area (Å²) < 4.78 is 7.37. The molecule has 0 aliphatic carbocycles. The van der Waals surface area contributed by atoms with Gasteiger partial charge in [0.05, 0.1) is 6.54 Å². The molecular formula is C28H29N5O3. The van der Waals surface area contributed by atoms with Crippen molar-refractivity contribution in [2.24, 2.45) is 0 Å². The van der Waals surface area contributed by atoms with Gasteiger partial charge in [0, 0.05) is 32.4 Å². The highest BCUT2D eigenvalue weighted by Gasteiger charge is 2.25. The second-order valence-electron chi connectivity index (χ2n) is 9.13. The number of piperazine rings is 1. The van der Waals surface area contributed by atoms with Crippen LogP contribution in [-0.2, 0) is 11.3 Å². The van der Waals surface area contributed by atoms with Crippen LogP contribution in [0.25, 0.3) is 11.2 Å². The summed E-state index contributed by atoms with van der Waals surface area (Å²) in [5.74, 6) is 1.01. The Morgan fingerprint density at radius 3 is 2.47 bits per heavy atom. The summed E-state index contributed by atoms with van der Waals surface area (Å²) in [4.78, 5) is 39.1. The molecule has 0 N–H and O–H groups in total. The van der Waals surface area contributed by atoms with E-state index in [4.69, 9.17) is 4.74 Å². The van der Waals surface area contributed by atoms with E-state index in [1.807, 2.05) is 79.4 Å². The number of rotatable bonds is 6. The predicted molar refractivity (Wildman–Crippen MR) is 140 cm³/mol. The van der Waals surface area contributed by atoms with Gasteiger partial charge in [-0.25, -0.2) is 9.97 Å². The molecular weight excluding hydrogens is 454 g/mol. The van der Waals surface area contributed by atoms with Gasteiger partial charge in [0.1, 0.15) is 11.3 Å². The number of fused-ring (bicyclic) bond motifs is 1. The number of aromatic nitrogens is 3. The van der Waals surface area contributed by atoms with Crippen molar-refractivity contribution in [3.05, 3.63) is 93.9 Å². The Labute approximate surface area is 209 Å². The van der Waals surface area contributed by atoms with Gasteiger partial charge in [-0.2, -0.15) is 0 Å². The molecule has 0 atom stereocenters. The molecule has 1 aliphatic rings. The third kappa shape index (κ3) is 5.07. The number of pyridine rings is 1. The summed E-state index contributed by atoms with van der Waals surface area (Å²) in [5.41, 5.74) is 4.33. The number of hydrogen-bond acceptors (Lipinski definition) is 6. The van der Waals surface area contributed by atoms with Gasteiger partial charge in [0.15, 0.2) is 18.1 Å². The lowest BCUT2D eigenvalue weighted by atomic mass is 10.1.